The number of anilines is 2. The fraction of sp³-hybridized carbons (Fsp3) is 0.154. The van der Waals surface area contributed by atoms with Crippen LogP contribution in [0.25, 0.3) is 0 Å². The standard InChI is InChI=1S/C13H14FN3/c1-9(11-4-2-3-5-12(11)14)17-13-7-6-10(15)8-16-13/h2-9H,15H2,1H3,(H,16,17). The predicted molar refractivity (Wildman–Crippen MR) is 67.1 cm³/mol. The Morgan fingerprint density at radius 3 is 2.65 bits per heavy atom. The first-order valence-corrected chi connectivity index (χ1v) is 5.39. The van der Waals surface area contributed by atoms with Crippen molar-refractivity contribution in [2.45, 2.75) is 13.0 Å². The van der Waals surface area contributed by atoms with Gasteiger partial charge in [-0.05, 0) is 25.1 Å². The second kappa shape index (κ2) is 4.82. The van der Waals surface area contributed by atoms with E-state index in [0.717, 1.165) is 0 Å². The Balaban J connectivity index is 2.14. The maximum Gasteiger partial charge on any atom is 0.128 e. The summed E-state index contributed by atoms with van der Waals surface area (Å²) in [5, 5.41) is 3.12. The van der Waals surface area contributed by atoms with E-state index < -0.39 is 0 Å². The van der Waals surface area contributed by atoms with E-state index in [9.17, 15) is 4.39 Å². The van der Waals surface area contributed by atoms with Crippen LogP contribution in [0.15, 0.2) is 42.6 Å². The highest BCUT2D eigenvalue weighted by Gasteiger charge is 2.09. The van der Waals surface area contributed by atoms with Crippen molar-refractivity contribution >= 4 is 11.5 Å². The van der Waals surface area contributed by atoms with Crippen LogP contribution >= 0.6 is 0 Å². The molecular weight excluding hydrogens is 217 g/mol. The fourth-order valence-corrected chi connectivity index (χ4v) is 1.62. The summed E-state index contributed by atoms with van der Waals surface area (Å²) in [5.74, 6) is 0.456. The van der Waals surface area contributed by atoms with Crippen LogP contribution in [-0.4, -0.2) is 4.98 Å². The van der Waals surface area contributed by atoms with E-state index in [1.807, 2.05) is 13.0 Å². The first-order valence-electron chi connectivity index (χ1n) is 5.39. The summed E-state index contributed by atoms with van der Waals surface area (Å²) in [6.45, 7) is 1.89. The molecule has 3 nitrogen and oxygen atoms in total. The topological polar surface area (TPSA) is 50.9 Å². The molecule has 0 amide bonds. The van der Waals surface area contributed by atoms with Gasteiger partial charge in [-0.1, -0.05) is 18.2 Å². The van der Waals surface area contributed by atoms with Gasteiger partial charge in [0.2, 0.25) is 0 Å². The Hall–Kier alpha value is -2.10. The van der Waals surface area contributed by atoms with E-state index in [-0.39, 0.29) is 11.9 Å². The quantitative estimate of drug-likeness (QED) is 0.853. The van der Waals surface area contributed by atoms with Gasteiger partial charge < -0.3 is 11.1 Å². The van der Waals surface area contributed by atoms with Crippen molar-refractivity contribution in [1.82, 2.24) is 4.98 Å². The van der Waals surface area contributed by atoms with Crippen LogP contribution in [0.4, 0.5) is 15.9 Å². The van der Waals surface area contributed by atoms with Crippen molar-refractivity contribution < 1.29 is 4.39 Å². The molecule has 0 aliphatic heterocycles. The van der Waals surface area contributed by atoms with Gasteiger partial charge in [-0.3, -0.25) is 0 Å². The predicted octanol–water partition coefficient (Wildman–Crippen LogP) is 2.98. The van der Waals surface area contributed by atoms with Gasteiger partial charge in [0.25, 0.3) is 0 Å². The summed E-state index contributed by atoms with van der Waals surface area (Å²) >= 11 is 0. The summed E-state index contributed by atoms with van der Waals surface area (Å²) in [4.78, 5) is 4.11. The largest absolute Gasteiger partial charge is 0.397 e. The maximum absolute atomic E-state index is 13.5. The minimum Gasteiger partial charge on any atom is -0.397 e. The second-order valence-electron chi connectivity index (χ2n) is 3.86. The zero-order valence-corrected chi connectivity index (χ0v) is 9.52. The van der Waals surface area contributed by atoms with Crippen molar-refractivity contribution in [1.29, 1.82) is 0 Å². The van der Waals surface area contributed by atoms with Crippen molar-refractivity contribution in [2.24, 2.45) is 0 Å². The summed E-state index contributed by atoms with van der Waals surface area (Å²) in [6.07, 6.45) is 1.57. The van der Waals surface area contributed by atoms with Crippen molar-refractivity contribution in [3.63, 3.8) is 0 Å². The van der Waals surface area contributed by atoms with Crippen molar-refractivity contribution in [3.8, 4) is 0 Å². The molecule has 0 radical (unpaired) electrons. The van der Waals surface area contributed by atoms with Gasteiger partial charge in [0.15, 0.2) is 0 Å². The lowest BCUT2D eigenvalue weighted by molar-refractivity contribution is 0.600. The van der Waals surface area contributed by atoms with E-state index in [1.165, 1.54) is 6.07 Å². The van der Waals surface area contributed by atoms with Crippen LogP contribution in [0.3, 0.4) is 0 Å². The van der Waals surface area contributed by atoms with Crippen LogP contribution in [0.2, 0.25) is 0 Å². The molecule has 4 heteroatoms. The molecule has 1 aromatic heterocycles. The van der Waals surface area contributed by atoms with E-state index in [4.69, 9.17) is 5.73 Å². The fourth-order valence-electron chi connectivity index (χ4n) is 1.62. The molecule has 88 valence electrons. The molecule has 1 heterocycles. The van der Waals surface area contributed by atoms with Crippen LogP contribution in [-0.2, 0) is 0 Å². The number of benzene rings is 1. The normalized spacial score (nSPS) is 12.1. The molecule has 0 aliphatic rings. The number of nitrogens with zero attached hydrogens (tertiary/aromatic N) is 1. The third kappa shape index (κ3) is 2.72. The Bertz CT molecular complexity index is 496. The minimum absolute atomic E-state index is 0.146. The number of halogens is 1. The van der Waals surface area contributed by atoms with Gasteiger partial charge in [-0.15, -0.1) is 0 Å². The average Bonchev–Trinajstić information content (AvgIpc) is 2.32. The van der Waals surface area contributed by atoms with Gasteiger partial charge in [0, 0.05) is 5.56 Å². The third-order valence-corrected chi connectivity index (χ3v) is 2.52. The highest BCUT2D eigenvalue weighted by atomic mass is 19.1. The first-order chi connectivity index (χ1) is 8.16. The van der Waals surface area contributed by atoms with Crippen LogP contribution in [0.5, 0.6) is 0 Å². The van der Waals surface area contributed by atoms with E-state index >= 15 is 0 Å². The Labute approximate surface area is 99.5 Å². The highest BCUT2D eigenvalue weighted by Crippen LogP contribution is 2.20. The number of rotatable bonds is 3. The molecule has 0 aliphatic carbocycles. The number of nitrogens with two attached hydrogens (primary N) is 1. The second-order valence-corrected chi connectivity index (χ2v) is 3.86. The Kier molecular flexibility index (Phi) is 3.23. The molecule has 2 aromatic rings. The van der Waals surface area contributed by atoms with E-state index in [0.29, 0.717) is 17.1 Å². The van der Waals surface area contributed by atoms with Crippen LogP contribution < -0.4 is 11.1 Å². The monoisotopic (exact) mass is 231 g/mol. The van der Waals surface area contributed by atoms with Crippen molar-refractivity contribution in [3.05, 3.63) is 54.0 Å². The van der Waals surface area contributed by atoms with E-state index in [2.05, 4.69) is 10.3 Å². The minimum atomic E-state index is -0.219. The summed E-state index contributed by atoms with van der Waals surface area (Å²) in [7, 11) is 0. The lowest BCUT2D eigenvalue weighted by Gasteiger charge is -2.15. The Morgan fingerprint density at radius 1 is 1.24 bits per heavy atom. The molecular formula is C13H14FN3. The lowest BCUT2D eigenvalue weighted by atomic mass is 10.1. The summed E-state index contributed by atoms with van der Waals surface area (Å²) < 4.78 is 13.5. The van der Waals surface area contributed by atoms with E-state index in [1.54, 1.807) is 30.5 Å². The number of aromatic nitrogens is 1. The molecule has 1 aromatic carbocycles. The number of nitrogens with one attached hydrogen (secondary N) is 1. The zero-order chi connectivity index (χ0) is 12.3. The smallest absolute Gasteiger partial charge is 0.128 e. The number of hydrogen-bond donors (Lipinski definition) is 2. The Morgan fingerprint density at radius 2 is 2.00 bits per heavy atom. The van der Waals surface area contributed by atoms with Gasteiger partial charge >= 0.3 is 0 Å². The molecule has 0 spiro atoms. The molecule has 0 bridgehead atoms. The molecule has 2 rings (SSSR count). The first kappa shape index (κ1) is 11.4. The van der Waals surface area contributed by atoms with Crippen molar-refractivity contribution in [2.75, 3.05) is 11.1 Å². The third-order valence-electron chi connectivity index (χ3n) is 2.52. The van der Waals surface area contributed by atoms with Gasteiger partial charge in [-0.2, -0.15) is 0 Å². The molecule has 17 heavy (non-hydrogen) atoms. The maximum atomic E-state index is 13.5. The number of hydrogen-bond acceptors (Lipinski definition) is 3. The number of nitrogen functional groups attached to an aromatic ring is 1. The van der Waals surface area contributed by atoms with Gasteiger partial charge in [0.1, 0.15) is 11.6 Å². The van der Waals surface area contributed by atoms with Gasteiger partial charge in [0.05, 0.1) is 17.9 Å². The molecule has 1 atom stereocenters. The van der Waals surface area contributed by atoms with Crippen LogP contribution in [0.1, 0.15) is 18.5 Å². The number of pyridine rings is 1. The highest BCUT2D eigenvalue weighted by molar-refractivity contribution is 5.45. The molecule has 0 saturated heterocycles. The SMILES string of the molecule is CC(Nc1ccc(N)cn1)c1ccccc1F. The molecule has 0 saturated carbocycles. The average molecular weight is 231 g/mol. The van der Waals surface area contributed by atoms with Gasteiger partial charge in [-0.25, -0.2) is 9.37 Å². The summed E-state index contributed by atoms with van der Waals surface area (Å²) in [6, 6.07) is 10.1. The lowest BCUT2D eigenvalue weighted by Crippen LogP contribution is -2.09. The molecule has 3 N–H and O–H groups in total. The zero-order valence-electron chi connectivity index (χ0n) is 9.52. The summed E-state index contributed by atoms with van der Waals surface area (Å²) in [5.41, 5.74) is 6.76. The molecule has 0 fully saturated rings. The molecule has 1 unspecified atom stereocenters. The van der Waals surface area contributed by atoms with Crippen LogP contribution in [0, 0.1) is 5.82 Å².